The zero-order chi connectivity index (χ0) is 27.2. The van der Waals surface area contributed by atoms with E-state index in [2.05, 4.69) is 10.6 Å². The second-order valence-corrected chi connectivity index (χ2v) is 9.06. The molecule has 0 radical (unpaired) electrons. The van der Waals surface area contributed by atoms with Crippen LogP contribution in [-0.4, -0.2) is 36.0 Å². The summed E-state index contributed by atoms with van der Waals surface area (Å²) in [4.78, 5) is 39.6. The summed E-state index contributed by atoms with van der Waals surface area (Å²) in [6.07, 6.45) is 1.40. The number of benzene rings is 3. The van der Waals surface area contributed by atoms with Gasteiger partial charge in [-0.2, -0.15) is 0 Å². The second kappa shape index (κ2) is 11.9. The third kappa shape index (κ3) is 6.19. The first-order valence-electron chi connectivity index (χ1n) is 11.7. The first kappa shape index (κ1) is 26.8. The average molecular weight is 550 g/mol. The van der Waals surface area contributed by atoms with Crippen LogP contribution in [0.25, 0.3) is 6.08 Å². The number of nitrogens with one attached hydrogen (secondary N) is 2. The second-order valence-electron chi connectivity index (χ2n) is 8.26. The lowest BCUT2D eigenvalue weighted by Gasteiger charge is -2.28. The normalized spacial score (nSPS) is 14.3. The quantitative estimate of drug-likeness (QED) is 0.236. The molecule has 4 rings (SSSR count). The highest BCUT2D eigenvalue weighted by Crippen LogP contribution is 2.37. The van der Waals surface area contributed by atoms with E-state index >= 15 is 0 Å². The summed E-state index contributed by atoms with van der Waals surface area (Å²) >= 11 is 11.7. The fourth-order valence-electron chi connectivity index (χ4n) is 3.77. The van der Waals surface area contributed by atoms with Crippen molar-refractivity contribution in [1.82, 2.24) is 5.32 Å². The van der Waals surface area contributed by atoms with Gasteiger partial charge in [0.2, 0.25) is 0 Å². The van der Waals surface area contributed by atoms with E-state index in [9.17, 15) is 14.4 Å². The molecule has 3 aromatic rings. The molecule has 194 valence electrons. The van der Waals surface area contributed by atoms with E-state index < -0.39 is 11.8 Å². The lowest BCUT2D eigenvalue weighted by Crippen LogP contribution is -2.54. The van der Waals surface area contributed by atoms with E-state index in [1.165, 1.54) is 17.0 Å². The van der Waals surface area contributed by atoms with Gasteiger partial charge in [0, 0.05) is 5.69 Å². The Morgan fingerprint density at radius 3 is 2.55 bits per heavy atom. The lowest BCUT2D eigenvalue weighted by molar-refractivity contribution is -0.122. The molecule has 38 heavy (non-hydrogen) atoms. The van der Waals surface area contributed by atoms with E-state index in [-0.39, 0.29) is 46.3 Å². The minimum atomic E-state index is -0.630. The van der Waals surface area contributed by atoms with E-state index in [4.69, 9.17) is 33.3 Å². The molecule has 2 N–H and O–H groups in total. The maximum Gasteiger partial charge on any atom is 0.270 e. The number of para-hydroxylation sites is 1. The lowest BCUT2D eigenvalue weighted by atomic mass is 10.1. The molecule has 0 unspecified atom stereocenters. The maximum atomic E-state index is 13.2. The Kier molecular flexibility index (Phi) is 8.40. The molecule has 0 saturated carbocycles. The number of carbonyl (C=O) groups is 3. The van der Waals surface area contributed by atoms with Gasteiger partial charge in [-0.25, -0.2) is 0 Å². The Labute approximate surface area is 230 Å². The molecule has 1 fully saturated rings. The summed E-state index contributed by atoms with van der Waals surface area (Å²) in [5.74, 6) is -1.15. The summed E-state index contributed by atoms with van der Waals surface area (Å²) in [7, 11) is 0. The molecule has 1 aliphatic rings. The fraction of sp³-hybridized carbons (Fsp3) is 0.143. The van der Waals surface area contributed by atoms with Gasteiger partial charge >= 0.3 is 0 Å². The third-order valence-corrected chi connectivity index (χ3v) is 5.97. The third-order valence-electron chi connectivity index (χ3n) is 5.41. The summed E-state index contributed by atoms with van der Waals surface area (Å²) in [5.41, 5.74) is 2.47. The molecule has 0 bridgehead atoms. The van der Waals surface area contributed by atoms with Crippen molar-refractivity contribution in [3.63, 3.8) is 0 Å². The monoisotopic (exact) mass is 549 g/mol. The van der Waals surface area contributed by atoms with Crippen molar-refractivity contribution >= 4 is 64.1 Å². The minimum absolute atomic E-state index is 0.0101. The molecule has 0 aliphatic carbocycles. The van der Waals surface area contributed by atoms with Crippen LogP contribution in [0, 0.1) is 6.92 Å². The van der Waals surface area contributed by atoms with Crippen LogP contribution in [0.2, 0.25) is 5.02 Å². The summed E-state index contributed by atoms with van der Waals surface area (Å²) in [6.45, 7) is 3.69. The molecule has 0 aromatic heterocycles. The van der Waals surface area contributed by atoms with Crippen LogP contribution in [0.1, 0.15) is 18.1 Å². The number of amides is 3. The molecular formula is C28H24ClN3O5S. The van der Waals surface area contributed by atoms with Gasteiger partial charge in [-0.15, -0.1) is 0 Å². The number of hydrogen-bond donors (Lipinski definition) is 2. The molecular weight excluding hydrogens is 526 g/mol. The van der Waals surface area contributed by atoms with E-state index in [0.29, 0.717) is 16.9 Å². The Balaban J connectivity index is 1.57. The van der Waals surface area contributed by atoms with Crippen LogP contribution < -0.4 is 25.0 Å². The number of anilines is 2. The zero-order valence-corrected chi connectivity index (χ0v) is 22.2. The number of halogens is 1. The predicted octanol–water partition coefficient (Wildman–Crippen LogP) is 4.90. The van der Waals surface area contributed by atoms with E-state index in [1.54, 1.807) is 43.3 Å². The molecule has 0 spiro atoms. The molecule has 3 aromatic carbocycles. The van der Waals surface area contributed by atoms with Gasteiger partial charge in [0.05, 0.1) is 17.3 Å². The first-order valence-corrected chi connectivity index (χ1v) is 12.5. The minimum Gasteiger partial charge on any atom is -0.490 e. The largest absolute Gasteiger partial charge is 0.490 e. The van der Waals surface area contributed by atoms with Gasteiger partial charge < -0.3 is 14.8 Å². The SMILES string of the molecule is CCOc1cc(/C=C2/C(=O)NC(=S)N(c3ccccc3)C2=O)cc(Cl)c1OCC(=O)Nc1cccc(C)c1. The number of aryl methyl sites for hydroxylation is 1. The van der Waals surface area contributed by atoms with Crippen LogP contribution >= 0.6 is 23.8 Å². The summed E-state index contributed by atoms with van der Waals surface area (Å²) in [6, 6.07) is 19.2. The molecule has 10 heteroatoms. The summed E-state index contributed by atoms with van der Waals surface area (Å²) < 4.78 is 11.4. The predicted molar refractivity (Wildman–Crippen MR) is 151 cm³/mol. The van der Waals surface area contributed by atoms with Crippen molar-refractivity contribution in [1.29, 1.82) is 0 Å². The van der Waals surface area contributed by atoms with E-state index in [0.717, 1.165) is 5.56 Å². The average Bonchev–Trinajstić information content (AvgIpc) is 2.87. The number of thiocarbonyl (C=S) groups is 1. The fourth-order valence-corrected chi connectivity index (χ4v) is 4.32. The van der Waals surface area contributed by atoms with Crippen molar-refractivity contribution in [2.45, 2.75) is 13.8 Å². The van der Waals surface area contributed by atoms with E-state index in [1.807, 2.05) is 31.2 Å². The molecule has 1 aliphatic heterocycles. The number of carbonyl (C=O) groups excluding carboxylic acids is 3. The Morgan fingerprint density at radius 1 is 1.08 bits per heavy atom. The Morgan fingerprint density at radius 2 is 1.84 bits per heavy atom. The van der Waals surface area contributed by atoms with Crippen LogP contribution in [0.15, 0.2) is 72.3 Å². The Hall–Kier alpha value is -4.21. The highest BCUT2D eigenvalue weighted by molar-refractivity contribution is 7.80. The first-order chi connectivity index (χ1) is 18.3. The van der Waals surface area contributed by atoms with Crippen molar-refractivity contribution in [3.8, 4) is 11.5 Å². The van der Waals surface area contributed by atoms with Gasteiger partial charge in [0.25, 0.3) is 17.7 Å². The van der Waals surface area contributed by atoms with Crippen molar-refractivity contribution in [2.24, 2.45) is 0 Å². The maximum absolute atomic E-state index is 13.2. The Bertz CT molecular complexity index is 1440. The van der Waals surface area contributed by atoms with Gasteiger partial charge in [-0.3, -0.25) is 24.6 Å². The van der Waals surface area contributed by atoms with Crippen molar-refractivity contribution in [3.05, 3.63) is 88.5 Å². The van der Waals surface area contributed by atoms with Gasteiger partial charge in [0.15, 0.2) is 23.2 Å². The standard InChI is InChI=1S/C28H24ClN3O5S/c1-3-36-23-15-18(13-21-26(34)31-28(38)32(27(21)35)20-10-5-4-6-11-20)14-22(29)25(23)37-16-24(33)30-19-9-7-8-17(2)12-19/h4-15H,3,16H2,1-2H3,(H,30,33)(H,31,34,38)/b21-13-. The number of nitrogens with zero attached hydrogens (tertiary/aromatic N) is 1. The molecule has 1 saturated heterocycles. The van der Waals surface area contributed by atoms with Gasteiger partial charge in [-0.05, 0) is 79.7 Å². The topological polar surface area (TPSA) is 97.0 Å². The summed E-state index contributed by atoms with van der Waals surface area (Å²) in [5, 5.41) is 5.45. The number of hydrogen-bond acceptors (Lipinski definition) is 6. The highest BCUT2D eigenvalue weighted by atomic mass is 35.5. The van der Waals surface area contributed by atoms with Crippen LogP contribution in [-0.2, 0) is 14.4 Å². The zero-order valence-electron chi connectivity index (χ0n) is 20.6. The van der Waals surface area contributed by atoms with Crippen LogP contribution in [0.4, 0.5) is 11.4 Å². The molecule has 0 atom stereocenters. The van der Waals surface area contributed by atoms with Crippen molar-refractivity contribution in [2.75, 3.05) is 23.4 Å². The number of rotatable bonds is 8. The molecule has 1 heterocycles. The van der Waals surface area contributed by atoms with Crippen molar-refractivity contribution < 1.29 is 23.9 Å². The van der Waals surface area contributed by atoms with Crippen LogP contribution in [0.5, 0.6) is 11.5 Å². The smallest absolute Gasteiger partial charge is 0.270 e. The number of ether oxygens (including phenoxy) is 2. The molecule has 8 nitrogen and oxygen atoms in total. The highest BCUT2D eigenvalue weighted by Gasteiger charge is 2.34. The van der Waals surface area contributed by atoms with Gasteiger partial charge in [0.1, 0.15) is 5.57 Å². The van der Waals surface area contributed by atoms with Crippen LogP contribution in [0.3, 0.4) is 0 Å². The molecule has 3 amide bonds. The van der Waals surface area contributed by atoms with Gasteiger partial charge in [-0.1, -0.05) is 41.9 Å².